The van der Waals surface area contributed by atoms with Crippen LogP contribution in [-0.4, -0.2) is 9.55 Å². The fraction of sp³-hybridized carbons (Fsp3) is 0.250. The summed E-state index contributed by atoms with van der Waals surface area (Å²) in [5, 5.41) is 0. The molecule has 0 radical (unpaired) electrons. The Morgan fingerprint density at radius 2 is 2.33 bits per heavy atom. The normalized spacial score (nSPS) is 10.8. The molecule has 4 heteroatoms. The largest absolute Gasteiger partial charge is 0.328 e. The van der Waals surface area contributed by atoms with E-state index in [1.54, 1.807) is 0 Å². The number of aromatic nitrogens is 2. The van der Waals surface area contributed by atoms with Crippen LogP contribution in [0.5, 0.6) is 0 Å². The Balaban J connectivity index is 3.02. The minimum atomic E-state index is -0.374. The molecule has 0 spiro atoms. The number of hydrogen-bond acceptors (Lipinski definition) is 2. The maximum Gasteiger partial charge on any atom is 0.328 e. The van der Waals surface area contributed by atoms with Crippen molar-refractivity contribution in [3.63, 3.8) is 0 Å². The predicted octanol–water partition coefficient (Wildman–Crippen LogP) is 0.113. The van der Waals surface area contributed by atoms with Gasteiger partial charge in [-0.2, -0.15) is 0 Å². The summed E-state index contributed by atoms with van der Waals surface area (Å²) in [6, 6.07) is 1.32. The first-order chi connectivity index (χ1) is 5.74. The molecule has 0 aromatic carbocycles. The summed E-state index contributed by atoms with van der Waals surface area (Å²) in [5.41, 5.74) is -0.739. The highest BCUT2D eigenvalue weighted by Gasteiger charge is 1.91. The lowest BCUT2D eigenvalue weighted by atomic mass is 10.5. The number of aromatic amines is 1. The molecular weight excluding hydrogens is 156 g/mol. The molecule has 0 aliphatic rings. The van der Waals surface area contributed by atoms with Crippen LogP contribution in [0.25, 0.3) is 0 Å². The van der Waals surface area contributed by atoms with E-state index in [9.17, 15) is 9.59 Å². The van der Waals surface area contributed by atoms with Gasteiger partial charge >= 0.3 is 5.69 Å². The molecule has 1 aromatic rings. The fourth-order valence-electron chi connectivity index (χ4n) is 0.807. The molecule has 0 amide bonds. The summed E-state index contributed by atoms with van der Waals surface area (Å²) in [4.78, 5) is 23.8. The summed E-state index contributed by atoms with van der Waals surface area (Å²) in [5.74, 6) is 0. The number of H-pyrrole nitrogens is 1. The highest BCUT2D eigenvalue weighted by atomic mass is 16.2. The van der Waals surface area contributed by atoms with Crippen molar-refractivity contribution in [3.8, 4) is 0 Å². The Morgan fingerprint density at radius 3 is 2.92 bits per heavy atom. The molecule has 0 aliphatic heterocycles. The summed E-state index contributed by atoms with van der Waals surface area (Å²) in [6.07, 6.45) is 5.15. The molecule has 1 aromatic heterocycles. The molecule has 0 unspecified atom stereocenters. The van der Waals surface area contributed by atoms with Crippen molar-refractivity contribution in [2.75, 3.05) is 0 Å². The van der Waals surface area contributed by atoms with Crippen molar-refractivity contribution in [1.29, 1.82) is 0 Å². The van der Waals surface area contributed by atoms with Gasteiger partial charge in [-0.1, -0.05) is 12.2 Å². The van der Waals surface area contributed by atoms with Gasteiger partial charge in [0.25, 0.3) is 5.56 Å². The van der Waals surface area contributed by atoms with Crippen molar-refractivity contribution in [2.24, 2.45) is 0 Å². The number of allylic oxidation sites excluding steroid dienone is 2. The van der Waals surface area contributed by atoms with Gasteiger partial charge in [0.2, 0.25) is 0 Å². The molecular formula is C8H10N2O2. The average molecular weight is 166 g/mol. The van der Waals surface area contributed by atoms with E-state index in [4.69, 9.17) is 0 Å². The number of nitrogens with zero attached hydrogens (tertiary/aromatic N) is 1. The Bertz CT molecular complexity index is 387. The van der Waals surface area contributed by atoms with Gasteiger partial charge in [-0.25, -0.2) is 4.79 Å². The highest BCUT2D eigenvalue weighted by Crippen LogP contribution is 1.78. The first-order valence-electron chi connectivity index (χ1n) is 3.65. The number of rotatable bonds is 2. The third kappa shape index (κ3) is 1.95. The molecule has 1 N–H and O–H groups in total. The molecule has 0 atom stereocenters. The second-order valence-electron chi connectivity index (χ2n) is 2.33. The number of nitrogens with one attached hydrogen (secondary N) is 1. The van der Waals surface area contributed by atoms with Crippen molar-refractivity contribution < 1.29 is 0 Å². The zero-order valence-corrected chi connectivity index (χ0v) is 6.78. The minimum absolute atomic E-state index is 0.364. The van der Waals surface area contributed by atoms with E-state index < -0.39 is 0 Å². The quantitative estimate of drug-likeness (QED) is 0.634. The third-order valence-corrected chi connectivity index (χ3v) is 1.43. The van der Waals surface area contributed by atoms with Gasteiger partial charge in [-0.05, 0) is 6.92 Å². The van der Waals surface area contributed by atoms with Crippen molar-refractivity contribution in [3.05, 3.63) is 45.3 Å². The molecule has 0 saturated heterocycles. The summed E-state index contributed by atoms with van der Waals surface area (Å²) < 4.78 is 1.42. The van der Waals surface area contributed by atoms with E-state index in [1.807, 2.05) is 19.1 Å². The zero-order valence-electron chi connectivity index (χ0n) is 6.78. The van der Waals surface area contributed by atoms with Crippen molar-refractivity contribution in [1.82, 2.24) is 9.55 Å². The molecule has 0 fully saturated rings. The minimum Gasteiger partial charge on any atom is -0.297 e. The van der Waals surface area contributed by atoms with Crippen LogP contribution in [0.15, 0.2) is 34.0 Å². The molecule has 0 bridgehead atoms. The van der Waals surface area contributed by atoms with Crippen LogP contribution in [-0.2, 0) is 6.54 Å². The van der Waals surface area contributed by atoms with Crippen LogP contribution in [0.1, 0.15) is 6.92 Å². The molecule has 0 saturated carbocycles. The van der Waals surface area contributed by atoms with Crippen molar-refractivity contribution in [2.45, 2.75) is 13.5 Å². The van der Waals surface area contributed by atoms with Crippen molar-refractivity contribution >= 4 is 0 Å². The summed E-state index contributed by atoms with van der Waals surface area (Å²) in [7, 11) is 0. The molecule has 1 heterocycles. The second-order valence-corrected chi connectivity index (χ2v) is 2.33. The lowest BCUT2D eigenvalue weighted by Gasteiger charge is -1.97. The molecule has 64 valence electrons. The van der Waals surface area contributed by atoms with Gasteiger partial charge in [-0.15, -0.1) is 0 Å². The second kappa shape index (κ2) is 3.71. The van der Waals surface area contributed by atoms with E-state index >= 15 is 0 Å². The maximum atomic E-state index is 11.0. The first kappa shape index (κ1) is 8.52. The first-order valence-corrected chi connectivity index (χ1v) is 3.65. The van der Waals surface area contributed by atoms with E-state index in [0.717, 1.165) is 0 Å². The van der Waals surface area contributed by atoms with E-state index in [2.05, 4.69) is 4.98 Å². The van der Waals surface area contributed by atoms with Gasteiger partial charge in [0.1, 0.15) is 0 Å². The molecule has 12 heavy (non-hydrogen) atoms. The summed E-state index contributed by atoms with van der Waals surface area (Å²) >= 11 is 0. The molecule has 4 nitrogen and oxygen atoms in total. The van der Waals surface area contributed by atoms with Crippen LogP contribution < -0.4 is 11.2 Å². The van der Waals surface area contributed by atoms with Gasteiger partial charge in [0.05, 0.1) is 0 Å². The molecule has 1 rings (SSSR count). The van der Waals surface area contributed by atoms with Crippen LogP contribution in [0, 0.1) is 0 Å². The van der Waals surface area contributed by atoms with Crippen LogP contribution in [0.4, 0.5) is 0 Å². The highest BCUT2D eigenvalue weighted by molar-refractivity contribution is 4.86. The Kier molecular flexibility index (Phi) is 2.63. The lowest BCUT2D eigenvalue weighted by Crippen LogP contribution is -2.28. The topological polar surface area (TPSA) is 54.9 Å². The fourth-order valence-corrected chi connectivity index (χ4v) is 0.807. The van der Waals surface area contributed by atoms with E-state index in [0.29, 0.717) is 6.54 Å². The number of hydrogen-bond donors (Lipinski definition) is 1. The smallest absolute Gasteiger partial charge is 0.297 e. The third-order valence-electron chi connectivity index (χ3n) is 1.43. The summed E-state index contributed by atoms with van der Waals surface area (Å²) in [6.45, 7) is 2.36. The Labute approximate surface area is 69.2 Å². The van der Waals surface area contributed by atoms with Gasteiger partial charge < -0.3 is 0 Å². The SMILES string of the molecule is CC=CCn1ccc(=O)[nH]c1=O. The zero-order chi connectivity index (χ0) is 8.97. The standard InChI is InChI=1S/C8H10N2O2/c1-2-3-5-10-6-4-7(11)9-8(10)12/h2-4,6H,5H2,1H3,(H,9,11,12). The Hall–Kier alpha value is -1.58. The predicted molar refractivity (Wildman–Crippen MR) is 46.1 cm³/mol. The molecule has 0 aliphatic carbocycles. The van der Waals surface area contributed by atoms with Crippen LogP contribution in [0.2, 0.25) is 0 Å². The van der Waals surface area contributed by atoms with Gasteiger partial charge in [0.15, 0.2) is 0 Å². The average Bonchev–Trinajstić information content (AvgIpc) is 2.03. The van der Waals surface area contributed by atoms with E-state index in [1.165, 1.54) is 16.8 Å². The van der Waals surface area contributed by atoms with Crippen LogP contribution in [0.3, 0.4) is 0 Å². The maximum absolute atomic E-state index is 11.0. The monoisotopic (exact) mass is 166 g/mol. The van der Waals surface area contributed by atoms with Gasteiger partial charge in [0, 0.05) is 18.8 Å². The van der Waals surface area contributed by atoms with Crippen LogP contribution >= 0.6 is 0 Å². The lowest BCUT2D eigenvalue weighted by molar-refractivity contribution is 0.735. The Morgan fingerprint density at radius 1 is 1.58 bits per heavy atom. The van der Waals surface area contributed by atoms with Gasteiger partial charge in [-0.3, -0.25) is 14.3 Å². The van der Waals surface area contributed by atoms with E-state index in [-0.39, 0.29) is 11.2 Å².